The zero-order chi connectivity index (χ0) is 10.7. The number of aromatic nitrogens is 2. The quantitative estimate of drug-likeness (QED) is 0.793. The first kappa shape index (κ1) is 9.51. The van der Waals surface area contributed by atoms with Crippen LogP contribution in [0.1, 0.15) is 11.3 Å². The molecule has 0 saturated heterocycles. The van der Waals surface area contributed by atoms with Crippen LogP contribution in [0.4, 0.5) is 11.5 Å². The van der Waals surface area contributed by atoms with Gasteiger partial charge in [-0.15, -0.1) is 0 Å². The van der Waals surface area contributed by atoms with Crippen LogP contribution in [-0.2, 0) is 6.54 Å². The Labute approximate surface area is 87.3 Å². The molecule has 15 heavy (non-hydrogen) atoms. The SMILES string of the molecule is Cc1cc(NCc2ccno2)ncc1N. The van der Waals surface area contributed by atoms with E-state index in [0.29, 0.717) is 12.2 Å². The molecule has 0 aliphatic heterocycles. The molecule has 2 rings (SSSR count). The van der Waals surface area contributed by atoms with Crippen molar-refractivity contribution in [3.63, 3.8) is 0 Å². The highest BCUT2D eigenvalue weighted by Crippen LogP contribution is 2.13. The van der Waals surface area contributed by atoms with Gasteiger partial charge in [0.15, 0.2) is 5.76 Å². The van der Waals surface area contributed by atoms with Crippen LogP contribution in [-0.4, -0.2) is 10.1 Å². The standard InChI is InChI=1S/C10H12N4O/c1-7-4-10(13-6-9(7)11)12-5-8-2-3-14-15-8/h2-4,6H,5,11H2,1H3,(H,12,13). The van der Waals surface area contributed by atoms with Crippen molar-refractivity contribution in [2.24, 2.45) is 0 Å². The number of pyridine rings is 1. The van der Waals surface area contributed by atoms with Gasteiger partial charge in [-0.2, -0.15) is 0 Å². The molecular weight excluding hydrogens is 192 g/mol. The number of aryl methyl sites for hydroxylation is 1. The highest BCUT2D eigenvalue weighted by molar-refractivity contribution is 5.50. The van der Waals surface area contributed by atoms with E-state index in [4.69, 9.17) is 10.3 Å². The van der Waals surface area contributed by atoms with Crippen LogP contribution in [0.25, 0.3) is 0 Å². The van der Waals surface area contributed by atoms with Gasteiger partial charge in [0.05, 0.1) is 24.6 Å². The molecule has 2 aromatic rings. The summed E-state index contributed by atoms with van der Waals surface area (Å²) in [6.07, 6.45) is 3.25. The first-order valence-electron chi connectivity index (χ1n) is 4.61. The zero-order valence-electron chi connectivity index (χ0n) is 8.40. The number of nitrogens with two attached hydrogens (primary N) is 1. The summed E-state index contributed by atoms with van der Waals surface area (Å²) < 4.78 is 4.94. The van der Waals surface area contributed by atoms with Gasteiger partial charge in [-0.1, -0.05) is 5.16 Å². The van der Waals surface area contributed by atoms with Crippen LogP contribution in [0, 0.1) is 6.92 Å². The smallest absolute Gasteiger partial charge is 0.155 e. The molecule has 0 aromatic carbocycles. The fraction of sp³-hybridized carbons (Fsp3) is 0.200. The maximum Gasteiger partial charge on any atom is 0.155 e. The molecule has 0 aliphatic rings. The maximum absolute atomic E-state index is 5.66. The van der Waals surface area contributed by atoms with E-state index in [2.05, 4.69) is 15.5 Å². The molecule has 2 aromatic heterocycles. The molecule has 0 saturated carbocycles. The van der Waals surface area contributed by atoms with E-state index in [0.717, 1.165) is 17.1 Å². The average molecular weight is 204 g/mol. The predicted octanol–water partition coefficient (Wildman–Crippen LogP) is 1.57. The zero-order valence-corrected chi connectivity index (χ0v) is 8.40. The van der Waals surface area contributed by atoms with Gasteiger partial charge in [-0.05, 0) is 18.6 Å². The molecule has 0 spiro atoms. The Hall–Kier alpha value is -2.04. The van der Waals surface area contributed by atoms with Crippen molar-refractivity contribution >= 4 is 11.5 Å². The Morgan fingerprint density at radius 3 is 3.07 bits per heavy atom. The first-order chi connectivity index (χ1) is 7.25. The number of nitrogen functional groups attached to an aromatic ring is 1. The molecule has 0 radical (unpaired) electrons. The van der Waals surface area contributed by atoms with E-state index in [9.17, 15) is 0 Å². The number of rotatable bonds is 3. The van der Waals surface area contributed by atoms with Gasteiger partial charge in [0, 0.05) is 6.07 Å². The van der Waals surface area contributed by atoms with E-state index < -0.39 is 0 Å². The molecule has 0 aliphatic carbocycles. The summed E-state index contributed by atoms with van der Waals surface area (Å²) in [7, 11) is 0. The minimum absolute atomic E-state index is 0.566. The molecule has 2 heterocycles. The molecule has 0 atom stereocenters. The monoisotopic (exact) mass is 204 g/mol. The summed E-state index contributed by atoms with van der Waals surface area (Å²) in [5, 5.41) is 6.73. The largest absolute Gasteiger partial charge is 0.397 e. The Balaban J connectivity index is 2.02. The molecule has 0 unspecified atom stereocenters. The molecule has 5 heteroatoms. The maximum atomic E-state index is 5.66. The molecular formula is C10H12N4O. The Bertz CT molecular complexity index is 439. The van der Waals surface area contributed by atoms with Gasteiger partial charge < -0.3 is 15.6 Å². The average Bonchev–Trinajstić information content (AvgIpc) is 2.73. The lowest BCUT2D eigenvalue weighted by Gasteiger charge is -2.05. The number of anilines is 2. The van der Waals surface area contributed by atoms with Crippen molar-refractivity contribution in [3.05, 3.63) is 35.9 Å². The number of nitrogens with one attached hydrogen (secondary N) is 1. The van der Waals surface area contributed by atoms with Crippen molar-refractivity contribution in [3.8, 4) is 0 Å². The number of nitrogens with zero attached hydrogens (tertiary/aromatic N) is 2. The Morgan fingerprint density at radius 1 is 1.53 bits per heavy atom. The predicted molar refractivity (Wildman–Crippen MR) is 57.2 cm³/mol. The van der Waals surface area contributed by atoms with Gasteiger partial charge in [0.2, 0.25) is 0 Å². The van der Waals surface area contributed by atoms with Crippen LogP contribution >= 0.6 is 0 Å². The third kappa shape index (κ3) is 2.25. The van der Waals surface area contributed by atoms with Crippen LogP contribution in [0.5, 0.6) is 0 Å². The van der Waals surface area contributed by atoms with Gasteiger partial charge in [0.1, 0.15) is 5.82 Å². The topological polar surface area (TPSA) is 77.0 Å². The normalized spacial score (nSPS) is 10.2. The molecule has 78 valence electrons. The van der Waals surface area contributed by atoms with Crippen LogP contribution in [0.15, 0.2) is 29.0 Å². The van der Waals surface area contributed by atoms with E-state index in [1.807, 2.05) is 13.0 Å². The lowest BCUT2D eigenvalue weighted by atomic mass is 10.2. The van der Waals surface area contributed by atoms with Gasteiger partial charge in [0.25, 0.3) is 0 Å². The Kier molecular flexibility index (Phi) is 2.53. The number of hydrogen-bond acceptors (Lipinski definition) is 5. The lowest BCUT2D eigenvalue weighted by molar-refractivity contribution is 0.388. The summed E-state index contributed by atoms with van der Waals surface area (Å²) in [6.45, 7) is 2.51. The fourth-order valence-corrected chi connectivity index (χ4v) is 1.17. The van der Waals surface area contributed by atoms with Gasteiger partial charge >= 0.3 is 0 Å². The Morgan fingerprint density at radius 2 is 2.40 bits per heavy atom. The fourth-order valence-electron chi connectivity index (χ4n) is 1.17. The molecule has 0 fully saturated rings. The van der Waals surface area contributed by atoms with Crippen LogP contribution < -0.4 is 11.1 Å². The van der Waals surface area contributed by atoms with E-state index in [-0.39, 0.29) is 0 Å². The molecule has 3 N–H and O–H groups in total. The minimum atomic E-state index is 0.566. The first-order valence-corrected chi connectivity index (χ1v) is 4.61. The van der Waals surface area contributed by atoms with E-state index in [1.54, 1.807) is 18.5 Å². The van der Waals surface area contributed by atoms with E-state index in [1.165, 1.54) is 0 Å². The molecule has 5 nitrogen and oxygen atoms in total. The van der Waals surface area contributed by atoms with Gasteiger partial charge in [-0.3, -0.25) is 0 Å². The van der Waals surface area contributed by atoms with Gasteiger partial charge in [-0.25, -0.2) is 4.98 Å². The summed E-state index contributed by atoms with van der Waals surface area (Å²) in [5.41, 5.74) is 7.36. The summed E-state index contributed by atoms with van der Waals surface area (Å²) in [4.78, 5) is 4.14. The van der Waals surface area contributed by atoms with Crippen LogP contribution in [0.3, 0.4) is 0 Å². The highest BCUT2D eigenvalue weighted by atomic mass is 16.5. The third-order valence-corrected chi connectivity index (χ3v) is 2.09. The van der Waals surface area contributed by atoms with Crippen molar-refractivity contribution in [1.29, 1.82) is 0 Å². The lowest BCUT2D eigenvalue weighted by Crippen LogP contribution is -2.01. The second-order valence-corrected chi connectivity index (χ2v) is 3.26. The summed E-state index contributed by atoms with van der Waals surface area (Å²) in [6, 6.07) is 3.70. The van der Waals surface area contributed by atoms with Crippen molar-refractivity contribution in [2.45, 2.75) is 13.5 Å². The van der Waals surface area contributed by atoms with Crippen molar-refractivity contribution in [2.75, 3.05) is 11.1 Å². The second-order valence-electron chi connectivity index (χ2n) is 3.26. The summed E-state index contributed by atoms with van der Waals surface area (Å²) >= 11 is 0. The second kappa shape index (κ2) is 4.00. The number of hydrogen-bond donors (Lipinski definition) is 2. The van der Waals surface area contributed by atoms with Crippen molar-refractivity contribution in [1.82, 2.24) is 10.1 Å². The molecule has 0 bridgehead atoms. The minimum Gasteiger partial charge on any atom is -0.397 e. The van der Waals surface area contributed by atoms with Crippen LogP contribution in [0.2, 0.25) is 0 Å². The highest BCUT2D eigenvalue weighted by Gasteiger charge is 2.00. The summed E-state index contributed by atoms with van der Waals surface area (Å²) in [5.74, 6) is 1.55. The van der Waals surface area contributed by atoms with E-state index >= 15 is 0 Å². The third-order valence-electron chi connectivity index (χ3n) is 2.09. The molecule has 0 amide bonds. The van der Waals surface area contributed by atoms with Crippen molar-refractivity contribution < 1.29 is 4.52 Å².